The summed E-state index contributed by atoms with van der Waals surface area (Å²) >= 11 is 0. The molecule has 2 aromatic rings. The van der Waals surface area contributed by atoms with E-state index in [0.717, 1.165) is 5.69 Å². The van der Waals surface area contributed by atoms with E-state index in [1.807, 2.05) is 12.1 Å². The van der Waals surface area contributed by atoms with Crippen LogP contribution < -0.4 is 11.1 Å². The first-order chi connectivity index (χ1) is 6.84. The number of aromatic nitrogens is 2. The molecule has 0 bridgehead atoms. The third-order valence-electron chi connectivity index (χ3n) is 1.68. The van der Waals surface area contributed by atoms with Gasteiger partial charge in [-0.05, 0) is 12.1 Å². The monoisotopic (exact) mass is 243 g/mol. The van der Waals surface area contributed by atoms with Crippen LogP contribution >= 0.6 is 0 Å². The second-order valence-corrected chi connectivity index (χ2v) is 2.76. The largest absolute Gasteiger partial charge is 0.418 e. The van der Waals surface area contributed by atoms with E-state index in [4.69, 9.17) is 5.73 Å². The Hall–Kier alpha value is -1.61. The fraction of sp³-hybridized carbons (Fsp3) is 0. The minimum absolute atomic E-state index is 0. The summed E-state index contributed by atoms with van der Waals surface area (Å²) in [5, 5.41) is 3.09. The summed E-state index contributed by atoms with van der Waals surface area (Å²) in [4.78, 5) is 7.90. The Bertz CT molecular complexity index is 402. The Kier molecular flexibility index (Phi) is 4.07. The topological polar surface area (TPSA) is 63.8 Å². The van der Waals surface area contributed by atoms with Gasteiger partial charge >= 0.3 is 0 Å². The van der Waals surface area contributed by atoms with Gasteiger partial charge in [-0.2, -0.15) is 0 Å². The van der Waals surface area contributed by atoms with Crippen LogP contribution in [0.2, 0.25) is 0 Å². The molecule has 0 saturated carbocycles. The second kappa shape index (κ2) is 5.32. The van der Waals surface area contributed by atoms with Crippen molar-refractivity contribution in [3.63, 3.8) is 0 Å². The minimum atomic E-state index is 0. The number of hydrogen-bond donors (Lipinski definition) is 2. The molecule has 80 valence electrons. The van der Waals surface area contributed by atoms with Crippen LogP contribution in [0.1, 0.15) is 0 Å². The van der Waals surface area contributed by atoms with E-state index in [1.165, 1.54) is 0 Å². The Morgan fingerprint density at radius 1 is 1.13 bits per heavy atom. The van der Waals surface area contributed by atoms with Crippen molar-refractivity contribution in [1.29, 1.82) is 0 Å². The van der Waals surface area contributed by atoms with Crippen molar-refractivity contribution in [1.82, 2.24) is 9.97 Å². The number of pyridine rings is 2. The molecule has 0 aliphatic carbocycles. The molecular formula is C10H9N4Ni-. The molecule has 5 heteroatoms. The Labute approximate surface area is 97.9 Å². The van der Waals surface area contributed by atoms with E-state index in [2.05, 4.69) is 21.5 Å². The van der Waals surface area contributed by atoms with Crippen molar-refractivity contribution in [3.8, 4) is 0 Å². The van der Waals surface area contributed by atoms with E-state index in [9.17, 15) is 0 Å². The normalized spacial score (nSPS) is 9.07. The van der Waals surface area contributed by atoms with Gasteiger partial charge in [-0.3, -0.25) is 4.98 Å². The number of anilines is 3. The van der Waals surface area contributed by atoms with Gasteiger partial charge in [0.1, 0.15) is 0 Å². The predicted octanol–water partition coefficient (Wildman–Crippen LogP) is 1.60. The summed E-state index contributed by atoms with van der Waals surface area (Å²) in [7, 11) is 0. The molecule has 0 aromatic carbocycles. The molecule has 2 rings (SSSR count). The third kappa shape index (κ3) is 3.22. The molecule has 0 radical (unpaired) electrons. The summed E-state index contributed by atoms with van der Waals surface area (Å²) in [5.41, 5.74) is 6.93. The smallest absolute Gasteiger partial charge is 0.0316 e. The molecule has 0 saturated heterocycles. The van der Waals surface area contributed by atoms with Gasteiger partial charge in [-0.25, -0.2) is 0 Å². The zero-order valence-corrected chi connectivity index (χ0v) is 8.74. The maximum atomic E-state index is 5.46. The van der Waals surface area contributed by atoms with Crippen molar-refractivity contribution in [3.05, 3.63) is 42.9 Å². The molecule has 0 amide bonds. The number of nitrogens with zero attached hydrogens (tertiary/aromatic N) is 2. The first-order valence-electron chi connectivity index (χ1n) is 4.16. The number of rotatable bonds is 2. The molecule has 0 aliphatic heterocycles. The van der Waals surface area contributed by atoms with E-state index >= 15 is 0 Å². The summed E-state index contributed by atoms with van der Waals surface area (Å²) in [6, 6.07) is 7.26. The van der Waals surface area contributed by atoms with Crippen LogP contribution in [0.25, 0.3) is 0 Å². The van der Waals surface area contributed by atoms with Gasteiger partial charge in [-0.1, -0.05) is 11.9 Å². The van der Waals surface area contributed by atoms with Crippen molar-refractivity contribution in [2.24, 2.45) is 0 Å². The standard InChI is InChI=1S/C10H9N4.Ni/c11-8-1-2-10(13-7-8)14-9-3-5-12-6-4-9;/h1-6H,11H2,(H,12,13,14);/q-1;. The van der Waals surface area contributed by atoms with Gasteiger partial charge in [0.25, 0.3) is 0 Å². The van der Waals surface area contributed by atoms with Crippen LogP contribution in [0.4, 0.5) is 17.2 Å². The zero-order chi connectivity index (χ0) is 9.80. The molecule has 0 unspecified atom stereocenters. The van der Waals surface area contributed by atoms with Crippen molar-refractivity contribution in [2.45, 2.75) is 0 Å². The molecular weight excluding hydrogens is 235 g/mol. The quantitative estimate of drug-likeness (QED) is 0.622. The van der Waals surface area contributed by atoms with Gasteiger partial charge in [0.2, 0.25) is 0 Å². The Morgan fingerprint density at radius 3 is 2.47 bits per heavy atom. The van der Waals surface area contributed by atoms with Crippen molar-refractivity contribution >= 4 is 17.2 Å². The summed E-state index contributed by atoms with van der Waals surface area (Å²) in [6.07, 6.45) is 6.09. The number of hydrogen-bond acceptors (Lipinski definition) is 4. The maximum Gasteiger partial charge on any atom is 0.0316 e. The fourth-order valence-corrected chi connectivity index (χ4v) is 1.02. The van der Waals surface area contributed by atoms with Crippen LogP contribution in [0.3, 0.4) is 0 Å². The average Bonchev–Trinajstić information content (AvgIpc) is 2.23. The number of nitrogen functional groups attached to an aromatic ring is 1. The van der Waals surface area contributed by atoms with E-state index < -0.39 is 0 Å². The van der Waals surface area contributed by atoms with Crippen LogP contribution in [0.5, 0.6) is 0 Å². The van der Waals surface area contributed by atoms with Crippen LogP contribution in [-0.4, -0.2) is 9.97 Å². The van der Waals surface area contributed by atoms with E-state index in [1.54, 1.807) is 24.5 Å². The molecule has 15 heavy (non-hydrogen) atoms. The van der Waals surface area contributed by atoms with E-state index in [-0.39, 0.29) is 16.5 Å². The average molecular weight is 244 g/mol. The predicted molar refractivity (Wildman–Crippen MR) is 55.0 cm³/mol. The van der Waals surface area contributed by atoms with Crippen LogP contribution in [0, 0.1) is 6.20 Å². The molecule has 0 spiro atoms. The SMILES string of the molecule is Nc1[c-]nc(Nc2ccncc2)cc1.[Ni]. The van der Waals surface area contributed by atoms with Gasteiger partial charge in [0.15, 0.2) is 0 Å². The summed E-state index contributed by atoms with van der Waals surface area (Å²) < 4.78 is 0. The third-order valence-corrected chi connectivity index (χ3v) is 1.68. The Morgan fingerprint density at radius 2 is 1.87 bits per heavy atom. The molecule has 2 heterocycles. The van der Waals surface area contributed by atoms with Crippen molar-refractivity contribution in [2.75, 3.05) is 11.1 Å². The molecule has 2 aromatic heterocycles. The molecule has 0 atom stereocenters. The van der Waals surface area contributed by atoms with Gasteiger partial charge in [0, 0.05) is 40.4 Å². The summed E-state index contributed by atoms with van der Waals surface area (Å²) in [6.45, 7) is 0. The minimum Gasteiger partial charge on any atom is -0.418 e. The van der Waals surface area contributed by atoms with Crippen LogP contribution in [0.15, 0.2) is 36.7 Å². The Balaban J connectivity index is 0.00000112. The van der Waals surface area contributed by atoms with Gasteiger partial charge < -0.3 is 16.0 Å². The van der Waals surface area contributed by atoms with Gasteiger partial charge in [0.05, 0.1) is 0 Å². The molecule has 3 N–H and O–H groups in total. The molecule has 0 fully saturated rings. The number of nitrogens with two attached hydrogens (primary N) is 1. The fourth-order valence-electron chi connectivity index (χ4n) is 1.02. The second-order valence-electron chi connectivity index (χ2n) is 2.76. The first kappa shape index (κ1) is 11.5. The van der Waals surface area contributed by atoms with Gasteiger partial charge in [-0.15, -0.1) is 12.1 Å². The van der Waals surface area contributed by atoms with Crippen molar-refractivity contribution < 1.29 is 16.5 Å². The number of nitrogens with one attached hydrogen (secondary N) is 1. The maximum absolute atomic E-state index is 5.46. The first-order valence-corrected chi connectivity index (χ1v) is 4.16. The molecule has 4 nitrogen and oxygen atoms in total. The molecule has 0 aliphatic rings. The zero-order valence-electron chi connectivity index (χ0n) is 7.75. The van der Waals surface area contributed by atoms with Crippen LogP contribution in [-0.2, 0) is 16.5 Å². The summed E-state index contributed by atoms with van der Waals surface area (Å²) in [5.74, 6) is 0.713. The van der Waals surface area contributed by atoms with E-state index in [0.29, 0.717) is 11.5 Å².